The van der Waals surface area contributed by atoms with Gasteiger partial charge in [0.25, 0.3) is 5.91 Å². The van der Waals surface area contributed by atoms with Crippen LogP contribution in [0.4, 0.5) is 5.69 Å². The summed E-state index contributed by atoms with van der Waals surface area (Å²) in [7, 11) is -1.28. The molecule has 1 atom stereocenters. The van der Waals surface area contributed by atoms with Crippen LogP contribution in [0, 0.1) is 12.8 Å². The predicted octanol–water partition coefficient (Wildman–Crippen LogP) is 4.77. The molecule has 0 saturated heterocycles. The number of nitrogen functional groups attached to an aromatic ring is 1. The summed E-state index contributed by atoms with van der Waals surface area (Å²) in [6.45, 7) is 7.93. The largest absolute Gasteiger partial charge is 0.507 e. The highest BCUT2D eigenvalue weighted by Crippen LogP contribution is 2.16. The average molecular weight is 482 g/mol. The third-order valence-corrected chi connectivity index (χ3v) is 6.32. The van der Waals surface area contributed by atoms with E-state index in [1.165, 1.54) is 11.6 Å². The summed E-state index contributed by atoms with van der Waals surface area (Å²) in [5.74, 6) is 0.00245. The normalized spacial score (nSPS) is 11.6. The number of nitrogens with zero attached hydrogens (tertiary/aromatic N) is 1. The minimum absolute atomic E-state index is 0.0408. The van der Waals surface area contributed by atoms with Gasteiger partial charge < -0.3 is 16.2 Å². The van der Waals surface area contributed by atoms with Gasteiger partial charge in [0.2, 0.25) is 0 Å². The Morgan fingerprint density at radius 3 is 2.18 bits per heavy atom. The quantitative estimate of drug-likeness (QED) is 0.303. The van der Waals surface area contributed by atoms with Crippen molar-refractivity contribution in [3.05, 3.63) is 90.0 Å². The van der Waals surface area contributed by atoms with Crippen LogP contribution in [0.15, 0.2) is 83.8 Å². The molecule has 0 fully saturated rings. The highest BCUT2D eigenvalue weighted by Gasteiger charge is 2.17. The summed E-state index contributed by atoms with van der Waals surface area (Å²) in [5.41, 5.74) is 7.91. The topological polar surface area (TPSA) is 95.7 Å². The lowest BCUT2D eigenvalue weighted by Crippen LogP contribution is -2.33. The van der Waals surface area contributed by atoms with Gasteiger partial charge in [-0.15, -0.1) is 0 Å². The molecule has 1 unspecified atom stereocenters. The van der Waals surface area contributed by atoms with Crippen LogP contribution in [0.1, 0.15) is 36.2 Å². The lowest BCUT2D eigenvalue weighted by atomic mass is 10.2. The van der Waals surface area contributed by atoms with E-state index in [-0.39, 0.29) is 17.2 Å². The molecule has 0 saturated carbocycles. The SMILES string of the molecule is CC(C)CN(CCCNC(=O)c1ccccc1O)S(=O)c1ccc(N)cc1.Cc1ccccc1. The zero-order chi connectivity index (χ0) is 24.9. The first-order valence-corrected chi connectivity index (χ1v) is 12.5. The van der Waals surface area contributed by atoms with Crippen LogP contribution < -0.4 is 11.1 Å². The Labute approximate surface area is 205 Å². The Morgan fingerprint density at radius 2 is 1.62 bits per heavy atom. The molecule has 3 aromatic rings. The average Bonchev–Trinajstić information content (AvgIpc) is 2.82. The molecular formula is C27H35N3O3S. The molecule has 34 heavy (non-hydrogen) atoms. The Kier molecular flexibility index (Phi) is 11.3. The van der Waals surface area contributed by atoms with E-state index in [1.807, 2.05) is 22.5 Å². The minimum atomic E-state index is -1.28. The van der Waals surface area contributed by atoms with E-state index < -0.39 is 11.0 Å². The number of aromatic hydroxyl groups is 1. The van der Waals surface area contributed by atoms with Gasteiger partial charge in [-0.05, 0) is 55.7 Å². The number of benzene rings is 3. The second kappa shape index (κ2) is 14.2. The predicted molar refractivity (Wildman–Crippen MR) is 140 cm³/mol. The van der Waals surface area contributed by atoms with Crippen molar-refractivity contribution in [2.75, 3.05) is 25.4 Å². The van der Waals surface area contributed by atoms with Crippen molar-refractivity contribution in [2.24, 2.45) is 5.92 Å². The van der Waals surface area contributed by atoms with Crippen molar-refractivity contribution in [3.63, 3.8) is 0 Å². The fourth-order valence-electron chi connectivity index (χ4n) is 3.14. The van der Waals surface area contributed by atoms with Gasteiger partial charge in [-0.1, -0.05) is 61.9 Å². The van der Waals surface area contributed by atoms with E-state index in [9.17, 15) is 14.1 Å². The number of aryl methyl sites for hydroxylation is 1. The monoisotopic (exact) mass is 481 g/mol. The Hall–Kier alpha value is -3.16. The maximum absolute atomic E-state index is 12.9. The summed E-state index contributed by atoms with van der Waals surface area (Å²) in [6.07, 6.45) is 0.646. The van der Waals surface area contributed by atoms with Gasteiger partial charge in [-0.25, -0.2) is 8.51 Å². The third kappa shape index (κ3) is 9.37. The van der Waals surface area contributed by atoms with E-state index in [1.54, 1.807) is 42.5 Å². The minimum Gasteiger partial charge on any atom is -0.507 e. The smallest absolute Gasteiger partial charge is 0.255 e. The highest BCUT2D eigenvalue weighted by molar-refractivity contribution is 7.82. The number of phenolic OH excluding ortho intramolecular Hbond substituents is 1. The number of amides is 1. The van der Waals surface area contributed by atoms with Crippen LogP contribution in [-0.2, 0) is 11.0 Å². The van der Waals surface area contributed by atoms with Crippen LogP contribution in [-0.4, -0.2) is 39.2 Å². The number of para-hydroxylation sites is 1. The van der Waals surface area contributed by atoms with Crippen molar-refractivity contribution in [1.82, 2.24) is 9.62 Å². The zero-order valence-corrected chi connectivity index (χ0v) is 20.9. The number of carbonyl (C=O) groups is 1. The van der Waals surface area contributed by atoms with Gasteiger partial charge in [0.1, 0.15) is 16.7 Å². The molecule has 0 aliphatic rings. The van der Waals surface area contributed by atoms with E-state index >= 15 is 0 Å². The molecule has 4 N–H and O–H groups in total. The number of anilines is 1. The summed E-state index contributed by atoms with van der Waals surface area (Å²) < 4.78 is 14.8. The Balaban J connectivity index is 0.000000497. The van der Waals surface area contributed by atoms with E-state index in [0.717, 1.165) is 0 Å². The molecule has 0 spiro atoms. The second-order valence-electron chi connectivity index (χ2n) is 8.38. The van der Waals surface area contributed by atoms with Crippen LogP contribution in [0.5, 0.6) is 5.75 Å². The van der Waals surface area contributed by atoms with E-state index in [4.69, 9.17) is 5.73 Å². The zero-order valence-electron chi connectivity index (χ0n) is 20.1. The number of phenols is 1. The van der Waals surface area contributed by atoms with Crippen molar-refractivity contribution in [3.8, 4) is 5.75 Å². The summed E-state index contributed by atoms with van der Waals surface area (Å²) in [5, 5.41) is 12.5. The third-order valence-electron chi connectivity index (χ3n) is 4.84. The molecule has 0 bridgehead atoms. The van der Waals surface area contributed by atoms with Gasteiger partial charge in [-0.2, -0.15) is 0 Å². The fourth-order valence-corrected chi connectivity index (χ4v) is 4.53. The van der Waals surface area contributed by atoms with Crippen LogP contribution in [0.25, 0.3) is 0 Å². The molecular weight excluding hydrogens is 446 g/mol. The first-order valence-electron chi connectivity index (χ1n) is 11.4. The molecule has 0 aliphatic carbocycles. The van der Waals surface area contributed by atoms with E-state index in [0.29, 0.717) is 42.6 Å². The standard InChI is InChI=1S/C20H27N3O3S.C7H8/c1-15(2)14-23(27(26)17-10-8-16(21)9-11-17)13-5-12-22-20(25)18-6-3-4-7-19(18)24;1-7-5-3-2-4-6-7/h3-4,6-11,15,24H,5,12-14,21H2,1-2H3,(H,22,25);2-6H,1H3. The highest BCUT2D eigenvalue weighted by atomic mass is 32.2. The molecule has 1 amide bonds. The number of nitrogens with one attached hydrogen (secondary N) is 1. The summed E-state index contributed by atoms with van der Waals surface area (Å²) in [6, 6.07) is 23.7. The maximum atomic E-state index is 12.9. The number of hydrogen-bond donors (Lipinski definition) is 3. The maximum Gasteiger partial charge on any atom is 0.255 e. The molecule has 0 aromatic heterocycles. The molecule has 182 valence electrons. The summed E-state index contributed by atoms with van der Waals surface area (Å²) in [4.78, 5) is 12.8. The molecule has 3 rings (SSSR count). The van der Waals surface area contributed by atoms with Gasteiger partial charge in [-0.3, -0.25) is 4.79 Å². The van der Waals surface area contributed by atoms with E-state index in [2.05, 4.69) is 38.2 Å². The molecule has 6 nitrogen and oxygen atoms in total. The number of hydrogen-bond acceptors (Lipinski definition) is 4. The molecule has 0 heterocycles. The van der Waals surface area contributed by atoms with Crippen LogP contribution in [0.2, 0.25) is 0 Å². The molecule has 0 aliphatic heterocycles. The van der Waals surface area contributed by atoms with Crippen LogP contribution in [0.3, 0.4) is 0 Å². The Morgan fingerprint density at radius 1 is 1.00 bits per heavy atom. The van der Waals surface area contributed by atoms with Crippen molar-refractivity contribution < 1.29 is 14.1 Å². The number of carbonyl (C=O) groups excluding carboxylic acids is 1. The molecule has 7 heteroatoms. The second-order valence-corrected chi connectivity index (χ2v) is 9.87. The summed E-state index contributed by atoms with van der Waals surface area (Å²) >= 11 is 0. The fraction of sp³-hybridized carbons (Fsp3) is 0.296. The number of rotatable bonds is 9. The number of nitrogens with two attached hydrogens (primary N) is 1. The van der Waals surface area contributed by atoms with Crippen molar-refractivity contribution >= 4 is 22.6 Å². The van der Waals surface area contributed by atoms with Gasteiger partial charge >= 0.3 is 0 Å². The Bertz CT molecular complexity index is 1040. The van der Waals surface area contributed by atoms with Gasteiger partial charge in [0, 0.05) is 25.3 Å². The first kappa shape index (κ1) is 27.1. The van der Waals surface area contributed by atoms with Crippen LogP contribution >= 0.6 is 0 Å². The van der Waals surface area contributed by atoms with Gasteiger partial charge in [0.05, 0.1) is 10.5 Å². The van der Waals surface area contributed by atoms with Crippen molar-refractivity contribution in [1.29, 1.82) is 0 Å². The lowest BCUT2D eigenvalue weighted by molar-refractivity contribution is 0.0950. The van der Waals surface area contributed by atoms with Gasteiger partial charge in [0.15, 0.2) is 0 Å². The van der Waals surface area contributed by atoms with Crippen molar-refractivity contribution in [2.45, 2.75) is 32.1 Å². The molecule has 3 aromatic carbocycles. The lowest BCUT2D eigenvalue weighted by Gasteiger charge is -2.23. The molecule has 0 radical (unpaired) electrons. The first-order chi connectivity index (χ1) is 16.3.